The standard InChI is InChI=1S/C17H23N5O3/c1-21(2)16(23)13-5-6-15(25-3)14(11-13)20-17(24)19-7-4-9-22-10-8-18-12-22/h5-6,8,10-12H,4,7,9H2,1-3H3,(H2,19,20,24). The number of carbonyl (C=O) groups excluding carboxylic acids is 2. The number of ether oxygens (including phenoxy) is 1. The molecule has 3 amide bonds. The van der Waals surface area contributed by atoms with Crippen LogP contribution in [0.2, 0.25) is 0 Å². The molecule has 0 aliphatic rings. The monoisotopic (exact) mass is 345 g/mol. The average Bonchev–Trinajstić information content (AvgIpc) is 3.11. The average molecular weight is 345 g/mol. The van der Waals surface area contributed by atoms with Crippen LogP contribution in [0.25, 0.3) is 0 Å². The summed E-state index contributed by atoms with van der Waals surface area (Å²) in [6, 6.07) is 4.57. The van der Waals surface area contributed by atoms with Crippen molar-refractivity contribution >= 4 is 17.6 Å². The first kappa shape index (κ1) is 18.3. The predicted octanol–water partition coefficient (Wildman–Crippen LogP) is 1.81. The third kappa shape index (κ3) is 5.23. The van der Waals surface area contributed by atoms with Gasteiger partial charge in [-0.25, -0.2) is 9.78 Å². The van der Waals surface area contributed by atoms with Crippen molar-refractivity contribution in [3.8, 4) is 5.75 Å². The van der Waals surface area contributed by atoms with Crippen LogP contribution in [0.5, 0.6) is 5.75 Å². The fourth-order valence-corrected chi connectivity index (χ4v) is 2.25. The first-order valence-corrected chi connectivity index (χ1v) is 7.91. The number of imidazole rings is 1. The molecule has 2 N–H and O–H groups in total. The first-order valence-electron chi connectivity index (χ1n) is 7.91. The Morgan fingerprint density at radius 3 is 2.76 bits per heavy atom. The maximum absolute atomic E-state index is 12.1. The van der Waals surface area contributed by atoms with Gasteiger partial charge in [-0.1, -0.05) is 0 Å². The van der Waals surface area contributed by atoms with Gasteiger partial charge in [-0.15, -0.1) is 0 Å². The van der Waals surface area contributed by atoms with E-state index in [1.54, 1.807) is 44.8 Å². The zero-order chi connectivity index (χ0) is 18.2. The van der Waals surface area contributed by atoms with Crippen LogP contribution in [-0.2, 0) is 6.54 Å². The van der Waals surface area contributed by atoms with Crippen molar-refractivity contribution in [3.05, 3.63) is 42.5 Å². The normalized spacial score (nSPS) is 10.2. The van der Waals surface area contributed by atoms with Crippen LogP contribution in [0.1, 0.15) is 16.8 Å². The van der Waals surface area contributed by atoms with Gasteiger partial charge >= 0.3 is 6.03 Å². The second-order valence-corrected chi connectivity index (χ2v) is 5.65. The minimum absolute atomic E-state index is 0.147. The predicted molar refractivity (Wildman–Crippen MR) is 94.9 cm³/mol. The van der Waals surface area contributed by atoms with E-state index in [0.717, 1.165) is 13.0 Å². The molecule has 0 bridgehead atoms. The number of carbonyl (C=O) groups is 2. The molecule has 0 radical (unpaired) electrons. The fraction of sp³-hybridized carbons (Fsp3) is 0.353. The number of hydrogen-bond donors (Lipinski definition) is 2. The summed E-state index contributed by atoms with van der Waals surface area (Å²) in [6.07, 6.45) is 6.10. The van der Waals surface area contributed by atoms with Crippen LogP contribution in [-0.4, -0.2) is 54.1 Å². The Kier molecular flexibility index (Phi) is 6.39. The van der Waals surface area contributed by atoms with Gasteiger partial charge in [0.15, 0.2) is 0 Å². The van der Waals surface area contributed by atoms with E-state index in [1.807, 2.05) is 10.8 Å². The van der Waals surface area contributed by atoms with Crippen LogP contribution in [0.4, 0.5) is 10.5 Å². The molecule has 1 heterocycles. The van der Waals surface area contributed by atoms with Gasteiger partial charge in [-0.3, -0.25) is 4.79 Å². The number of aromatic nitrogens is 2. The van der Waals surface area contributed by atoms with Crippen molar-refractivity contribution in [1.82, 2.24) is 19.8 Å². The Morgan fingerprint density at radius 2 is 2.12 bits per heavy atom. The van der Waals surface area contributed by atoms with Gasteiger partial charge in [0.05, 0.1) is 19.1 Å². The smallest absolute Gasteiger partial charge is 0.319 e. The van der Waals surface area contributed by atoms with Gasteiger partial charge in [0.25, 0.3) is 5.91 Å². The molecule has 2 aromatic rings. The van der Waals surface area contributed by atoms with E-state index in [-0.39, 0.29) is 11.9 Å². The van der Waals surface area contributed by atoms with E-state index in [0.29, 0.717) is 23.5 Å². The van der Waals surface area contributed by atoms with Crippen LogP contribution in [0.15, 0.2) is 36.9 Å². The maximum atomic E-state index is 12.1. The van der Waals surface area contributed by atoms with Gasteiger partial charge < -0.3 is 24.8 Å². The molecular formula is C17H23N5O3. The van der Waals surface area contributed by atoms with Crippen LogP contribution in [0, 0.1) is 0 Å². The molecule has 0 atom stereocenters. The van der Waals surface area contributed by atoms with Gasteiger partial charge in [-0.05, 0) is 24.6 Å². The minimum atomic E-state index is -0.349. The summed E-state index contributed by atoms with van der Waals surface area (Å²) in [4.78, 5) is 29.6. The molecule has 0 spiro atoms. The molecule has 0 saturated carbocycles. The maximum Gasteiger partial charge on any atom is 0.319 e. The van der Waals surface area contributed by atoms with E-state index in [9.17, 15) is 9.59 Å². The number of rotatable bonds is 7. The summed E-state index contributed by atoms with van der Waals surface area (Å²) < 4.78 is 7.18. The lowest BCUT2D eigenvalue weighted by Gasteiger charge is -2.15. The molecule has 25 heavy (non-hydrogen) atoms. The molecular weight excluding hydrogens is 322 g/mol. The molecule has 1 aromatic carbocycles. The van der Waals surface area contributed by atoms with Gasteiger partial charge in [0, 0.05) is 45.1 Å². The second-order valence-electron chi connectivity index (χ2n) is 5.65. The Balaban J connectivity index is 1.91. The van der Waals surface area contributed by atoms with E-state index in [4.69, 9.17) is 4.74 Å². The van der Waals surface area contributed by atoms with Crippen molar-refractivity contribution in [2.45, 2.75) is 13.0 Å². The Bertz CT molecular complexity index is 713. The highest BCUT2D eigenvalue weighted by Crippen LogP contribution is 2.25. The Morgan fingerprint density at radius 1 is 1.32 bits per heavy atom. The third-order valence-electron chi connectivity index (χ3n) is 3.54. The Labute approximate surface area is 146 Å². The highest BCUT2D eigenvalue weighted by atomic mass is 16.5. The number of nitrogens with one attached hydrogen (secondary N) is 2. The summed E-state index contributed by atoms with van der Waals surface area (Å²) >= 11 is 0. The zero-order valence-corrected chi connectivity index (χ0v) is 14.7. The highest BCUT2D eigenvalue weighted by Gasteiger charge is 2.13. The molecule has 0 fully saturated rings. The summed E-state index contributed by atoms with van der Waals surface area (Å²) in [5, 5.41) is 5.51. The van der Waals surface area contributed by atoms with Gasteiger partial charge in [-0.2, -0.15) is 0 Å². The lowest BCUT2D eigenvalue weighted by Crippen LogP contribution is -2.30. The zero-order valence-electron chi connectivity index (χ0n) is 14.7. The van der Waals surface area contributed by atoms with Crippen molar-refractivity contribution in [1.29, 1.82) is 0 Å². The van der Waals surface area contributed by atoms with Crippen molar-refractivity contribution in [2.75, 3.05) is 33.1 Å². The molecule has 0 aliphatic heterocycles. The second kappa shape index (κ2) is 8.72. The molecule has 2 rings (SSSR count). The van der Waals surface area contributed by atoms with E-state index < -0.39 is 0 Å². The molecule has 8 heteroatoms. The quantitative estimate of drug-likeness (QED) is 0.749. The fourth-order valence-electron chi connectivity index (χ4n) is 2.25. The molecule has 8 nitrogen and oxygen atoms in total. The third-order valence-corrected chi connectivity index (χ3v) is 3.54. The molecule has 0 saturated heterocycles. The summed E-state index contributed by atoms with van der Waals surface area (Å²) in [5.41, 5.74) is 0.920. The summed E-state index contributed by atoms with van der Waals surface area (Å²) in [7, 11) is 4.86. The lowest BCUT2D eigenvalue weighted by atomic mass is 10.1. The molecule has 0 unspecified atom stereocenters. The van der Waals surface area contributed by atoms with Crippen molar-refractivity contribution in [2.24, 2.45) is 0 Å². The number of benzene rings is 1. The molecule has 134 valence electrons. The number of amides is 3. The minimum Gasteiger partial charge on any atom is -0.495 e. The van der Waals surface area contributed by atoms with Gasteiger partial charge in [0.1, 0.15) is 5.75 Å². The van der Waals surface area contributed by atoms with E-state index >= 15 is 0 Å². The van der Waals surface area contributed by atoms with Crippen LogP contribution < -0.4 is 15.4 Å². The van der Waals surface area contributed by atoms with Crippen LogP contribution in [0.3, 0.4) is 0 Å². The van der Waals surface area contributed by atoms with E-state index in [2.05, 4.69) is 15.6 Å². The highest BCUT2D eigenvalue weighted by molar-refractivity contribution is 5.97. The molecule has 0 aliphatic carbocycles. The lowest BCUT2D eigenvalue weighted by molar-refractivity contribution is 0.0827. The summed E-state index contributed by atoms with van der Waals surface area (Å²) in [6.45, 7) is 1.29. The molecule has 1 aromatic heterocycles. The largest absolute Gasteiger partial charge is 0.495 e. The Hall–Kier alpha value is -3.03. The number of aryl methyl sites for hydroxylation is 1. The van der Waals surface area contributed by atoms with E-state index in [1.165, 1.54) is 12.0 Å². The van der Waals surface area contributed by atoms with Gasteiger partial charge in [0.2, 0.25) is 0 Å². The SMILES string of the molecule is COc1ccc(C(=O)N(C)C)cc1NC(=O)NCCCn1ccnc1. The number of urea groups is 1. The topological polar surface area (TPSA) is 88.5 Å². The summed E-state index contributed by atoms with van der Waals surface area (Å²) in [5.74, 6) is 0.343. The van der Waals surface area contributed by atoms with Crippen molar-refractivity contribution < 1.29 is 14.3 Å². The van der Waals surface area contributed by atoms with Crippen LogP contribution >= 0.6 is 0 Å². The number of anilines is 1. The number of methoxy groups -OCH3 is 1. The first-order chi connectivity index (χ1) is 12.0. The number of hydrogen-bond acceptors (Lipinski definition) is 4. The van der Waals surface area contributed by atoms with Crippen molar-refractivity contribution in [3.63, 3.8) is 0 Å². The number of nitrogens with zero attached hydrogens (tertiary/aromatic N) is 3.